The van der Waals surface area contributed by atoms with Crippen LogP contribution in [0.5, 0.6) is 0 Å². The van der Waals surface area contributed by atoms with Crippen LogP contribution >= 0.6 is 0 Å². The molecule has 1 aromatic rings. The number of hydrogen-bond donors (Lipinski definition) is 3. The molecule has 0 radical (unpaired) electrons. The van der Waals surface area contributed by atoms with Crippen molar-refractivity contribution < 1.29 is 33.5 Å². The second-order valence-electron chi connectivity index (χ2n) is 4.66. The molecule has 10 heteroatoms. The summed E-state index contributed by atoms with van der Waals surface area (Å²) in [6.45, 7) is 1.26. The van der Waals surface area contributed by atoms with Gasteiger partial charge >= 0.3 is 5.97 Å². The molecule has 0 fully saturated rings. The minimum Gasteiger partial charge on any atom is -0.480 e. The lowest BCUT2D eigenvalue weighted by Crippen LogP contribution is -2.54. The third-order valence-corrected chi connectivity index (χ3v) is 2.76. The highest BCUT2D eigenvalue weighted by atomic mass is 16.5. The minimum atomic E-state index is -1.25. The van der Waals surface area contributed by atoms with Gasteiger partial charge in [-0.2, -0.15) is 0 Å². The van der Waals surface area contributed by atoms with Crippen LogP contribution in [-0.2, 0) is 19.1 Å². The van der Waals surface area contributed by atoms with Gasteiger partial charge in [0.05, 0.1) is 13.2 Å². The number of carbonyl (C=O) groups excluding carboxylic acids is 2. The van der Waals surface area contributed by atoms with Crippen molar-refractivity contribution in [2.45, 2.75) is 19.0 Å². The fraction of sp³-hybridized carbons (Fsp3) is 0.538. The lowest BCUT2D eigenvalue weighted by atomic mass is 10.2. The largest absolute Gasteiger partial charge is 0.480 e. The Balaban J connectivity index is 2.74. The predicted molar refractivity (Wildman–Crippen MR) is 75.8 cm³/mol. The normalized spacial score (nSPS) is 13.2. The van der Waals surface area contributed by atoms with Gasteiger partial charge in [-0.25, -0.2) is 4.79 Å². The van der Waals surface area contributed by atoms with E-state index < -0.39 is 29.9 Å². The van der Waals surface area contributed by atoms with E-state index in [9.17, 15) is 14.4 Å². The molecule has 1 rings (SSSR count). The summed E-state index contributed by atoms with van der Waals surface area (Å²) in [7, 11) is 2.65. The van der Waals surface area contributed by atoms with Gasteiger partial charge in [-0.15, -0.1) is 0 Å². The summed E-state index contributed by atoms with van der Waals surface area (Å²) in [6.07, 6.45) is 0. The van der Waals surface area contributed by atoms with Crippen molar-refractivity contribution in [3.8, 4) is 0 Å². The molecule has 0 saturated carbocycles. The van der Waals surface area contributed by atoms with E-state index in [0.717, 1.165) is 0 Å². The molecule has 1 aromatic heterocycles. The molecule has 128 valence electrons. The van der Waals surface area contributed by atoms with Crippen LogP contribution in [0, 0.1) is 6.92 Å². The summed E-state index contributed by atoms with van der Waals surface area (Å²) in [5, 5.41) is 17.2. The van der Waals surface area contributed by atoms with E-state index in [4.69, 9.17) is 19.1 Å². The molecule has 1 heterocycles. The van der Waals surface area contributed by atoms with Crippen LogP contribution in [0.1, 0.15) is 16.2 Å². The third kappa shape index (κ3) is 5.68. The number of ether oxygens (including phenoxy) is 2. The fourth-order valence-electron chi connectivity index (χ4n) is 1.67. The zero-order chi connectivity index (χ0) is 17.4. The average molecular weight is 329 g/mol. The van der Waals surface area contributed by atoms with Crippen molar-refractivity contribution >= 4 is 17.8 Å². The second-order valence-corrected chi connectivity index (χ2v) is 4.66. The minimum absolute atomic E-state index is 0.00285. The average Bonchev–Trinajstić information content (AvgIpc) is 2.92. The molecular weight excluding hydrogens is 310 g/mol. The number of nitrogens with one attached hydrogen (secondary N) is 2. The molecule has 0 unspecified atom stereocenters. The quantitative estimate of drug-likeness (QED) is 0.521. The van der Waals surface area contributed by atoms with E-state index in [1.807, 2.05) is 0 Å². The number of carboxylic acid groups (broad SMARTS) is 1. The van der Waals surface area contributed by atoms with Crippen molar-refractivity contribution in [2.24, 2.45) is 0 Å². The Labute approximate surface area is 132 Å². The monoisotopic (exact) mass is 329 g/mol. The molecule has 0 aliphatic carbocycles. The van der Waals surface area contributed by atoms with Crippen LogP contribution in [0.3, 0.4) is 0 Å². The van der Waals surface area contributed by atoms with Gasteiger partial charge in [0.2, 0.25) is 5.91 Å². The summed E-state index contributed by atoms with van der Waals surface area (Å²) in [6, 6.07) is -0.927. The van der Waals surface area contributed by atoms with Gasteiger partial charge in [0.25, 0.3) is 5.91 Å². The molecule has 0 spiro atoms. The van der Waals surface area contributed by atoms with Gasteiger partial charge in [0.1, 0.15) is 11.8 Å². The van der Waals surface area contributed by atoms with Crippen molar-refractivity contribution in [1.29, 1.82) is 0 Å². The third-order valence-electron chi connectivity index (χ3n) is 2.76. The number of aliphatic carboxylic acids is 1. The van der Waals surface area contributed by atoms with Gasteiger partial charge in [0.15, 0.2) is 11.7 Å². The lowest BCUT2D eigenvalue weighted by molar-refractivity contribution is -0.143. The number of amides is 2. The van der Waals surface area contributed by atoms with Crippen LogP contribution in [0.25, 0.3) is 0 Å². The molecule has 23 heavy (non-hydrogen) atoms. The molecule has 10 nitrogen and oxygen atoms in total. The first-order chi connectivity index (χ1) is 10.9. The molecule has 0 bridgehead atoms. The number of nitrogens with zero attached hydrogens (tertiary/aromatic N) is 1. The highest BCUT2D eigenvalue weighted by molar-refractivity contribution is 5.96. The van der Waals surface area contributed by atoms with Crippen molar-refractivity contribution in [3.05, 3.63) is 17.5 Å². The van der Waals surface area contributed by atoms with Gasteiger partial charge in [0, 0.05) is 20.3 Å². The molecule has 0 aliphatic rings. The van der Waals surface area contributed by atoms with Gasteiger partial charge in [-0.1, -0.05) is 5.16 Å². The van der Waals surface area contributed by atoms with E-state index >= 15 is 0 Å². The van der Waals surface area contributed by atoms with E-state index in [1.54, 1.807) is 6.92 Å². The second kappa shape index (κ2) is 8.86. The van der Waals surface area contributed by atoms with E-state index in [1.165, 1.54) is 20.3 Å². The number of carboxylic acids is 1. The number of hydrogen-bond acceptors (Lipinski definition) is 7. The molecule has 0 aliphatic heterocycles. The summed E-state index contributed by atoms with van der Waals surface area (Å²) in [5.41, 5.74) is 0.00285. The maximum atomic E-state index is 12.1. The molecule has 0 aromatic carbocycles. The molecule has 2 amide bonds. The predicted octanol–water partition coefficient (Wildman–Crippen LogP) is -1.06. The van der Waals surface area contributed by atoms with Gasteiger partial charge in [-0.3, -0.25) is 9.59 Å². The number of aromatic nitrogens is 1. The molecule has 2 atom stereocenters. The summed E-state index contributed by atoms with van der Waals surface area (Å²) in [4.78, 5) is 35.1. The van der Waals surface area contributed by atoms with Gasteiger partial charge < -0.3 is 29.7 Å². The smallest absolute Gasteiger partial charge is 0.328 e. The standard InChI is InChI=1S/C13H19N3O7/c1-7-4-8(16-23-7)11(17)14-9(5-21-2)12(18)15-10(6-22-3)13(19)20/h4,9-10H,5-6H2,1-3H3,(H,14,17)(H,15,18)(H,19,20)/t9-,10+/m1/s1. The Morgan fingerprint density at radius 3 is 2.30 bits per heavy atom. The van der Waals surface area contributed by atoms with Crippen LogP contribution in [-0.4, -0.2) is 67.6 Å². The Bertz CT molecular complexity index is 558. The molecular formula is C13H19N3O7. The number of carbonyl (C=O) groups is 3. The SMILES string of the molecule is COC[C@H](NC(=O)[C@@H](COC)NC(=O)c1cc(C)on1)C(=O)O. The highest BCUT2D eigenvalue weighted by Crippen LogP contribution is 2.02. The Hall–Kier alpha value is -2.46. The maximum absolute atomic E-state index is 12.1. The Kier molecular flexibility index (Phi) is 7.16. The van der Waals surface area contributed by atoms with E-state index in [2.05, 4.69) is 15.8 Å². The number of methoxy groups -OCH3 is 2. The first-order valence-electron chi connectivity index (χ1n) is 6.64. The van der Waals surface area contributed by atoms with Gasteiger partial charge in [-0.05, 0) is 6.92 Å². The topological polar surface area (TPSA) is 140 Å². The first-order valence-corrected chi connectivity index (χ1v) is 6.64. The lowest BCUT2D eigenvalue weighted by Gasteiger charge is -2.20. The zero-order valence-electron chi connectivity index (χ0n) is 13.0. The van der Waals surface area contributed by atoms with Crippen LogP contribution in [0.4, 0.5) is 0 Å². The van der Waals surface area contributed by atoms with Crippen molar-refractivity contribution in [3.63, 3.8) is 0 Å². The number of rotatable bonds is 9. The van der Waals surface area contributed by atoms with Crippen LogP contribution in [0.2, 0.25) is 0 Å². The molecule has 0 saturated heterocycles. The first kappa shape index (κ1) is 18.6. The van der Waals surface area contributed by atoms with Crippen molar-refractivity contribution in [2.75, 3.05) is 27.4 Å². The zero-order valence-corrected chi connectivity index (χ0v) is 13.0. The van der Waals surface area contributed by atoms with Crippen LogP contribution in [0.15, 0.2) is 10.6 Å². The van der Waals surface area contributed by atoms with E-state index in [0.29, 0.717) is 5.76 Å². The van der Waals surface area contributed by atoms with Crippen LogP contribution < -0.4 is 10.6 Å². The summed E-state index contributed by atoms with van der Waals surface area (Å²) < 4.78 is 14.4. The van der Waals surface area contributed by atoms with E-state index in [-0.39, 0.29) is 18.9 Å². The summed E-state index contributed by atoms with van der Waals surface area (Å²) in [5.74, 6) is -2.17. The highest BCUT2D eigenvalue weighted by Gasteiger charge is 2.27. The molecule has 3 N–H and O–H groups in total. The number of aryl methyl sites for hydroxylation is 1. The van der Waals surface area contributed by atoms with Crippen molar-refractivity contribution in [1.82, 2.24) is 15.8 Å². The fourth-order valence-corrected chi connectivity index (χ4v) is 1.67. The maximum Gasteiger partial charge on any atom is 0.328 e. The summed E-state index contributed by atoms with van der Waals surface area (Å²) >= 11 is 0. The Morgan fingerprint density at radius 1 is 1.22 bits per heavy atom. The Morgan fingerprint density at radius 2 is 1.83 bits per heavy atom.